The molecule has 3 aromatic carbocycles. The molecule has 4 heteroatoms. The van der Waals surface area contributed by atoms with E-state index in [9.17, 15) is 0 Å². The van der Waals surface area contributed by atoms with E-state index in [0.29, 0.717) is 0 Å². The van der Waals surface area contributed by atoms with Gasteiger partial charge < -0.3 is 9.47 Å². The van der Waals surface area contributed by atoms with Crippen LogP contribution in [0.15, 0.2) is 116 Å². The second-order valence-corrected chi connectivity index (χ2v) is 11.7. The van der Waals surface area contributed by atoms with Crippen LogP contribution in [0.1, 0.15) is 52.9 Å². The summed E-state index contributed by atoms with van der Waals surface area (Å²) in [4.78, 5) is 9.53. The molecule has 0 bridgehead atoms. The molecule has 0 amide bonds. The highest BCUT2D eigenvalue weighted by molar-refractivity contribution is 6.06. The zero-order valence-corrected chi connectivity index (χ0v) is 26.2. The summed E-state index contributed by atoms with van der Waals surface area (Å²) in [5, 5.41) is 0. The van der Waals surface area contributed by atoms with Crippen LogP contribution in [0, 0.1) is 19.9 Å². The van der Waals surface area contributed by atoms with Crippen LogP contribution < -0.4 is 9.47 Å². The molecule has 2 heterocycles. The van der Waals surface area contributed by atoms with Crippen molar-refractivity contribution in [1.82, 2.24) is 9.97 Å². The number of methoxy groups -OCH3 is 2. The van der Waals surface area contributed by atoms with Crippen LogP contribution in [0.3, 0.4) is 0 Å². The number of allylic oxidation sites excluding steroid dienone is 4. The lowest BCUT2D eigenvalue weighted by Crippen LogP contribution is -2.49. The molecule has 0 saturated heterocycles. The third-order valence-electron chi connectivity index (χ3n) is 9.50. The lowest BCUT2D eigenvalue weighted by atomic mass is 9.48. The van der Waals surface area contributed by atoms with Gasteiger partial charge in [0, 0.05) is 29.4 Å². The molecule has 6 rings (SSSR count). The number of aromatic nitrogens is 2. The lowest BCUT2D eigenvalue weighted by molar-refractivity contribution is 0.403. The van der Waals surface area contributed by atoms with Crippen molar-refractivity contribution in [2.75, 3.05) is 14.2 Å². The van der Waals surface area contributed by atoms with Gasteiger partial charge in [-0.2, -0.15) is 0 Å². The maximum absolute atomic E-state index is 5.59. The minimum Gasteiger partial charge on any atom is -0.497 e. The van der Waals surface area contributed by atoms with Crippen molar-refractivity contribution in [3.05, 3.63) is 161 Å². The van der Waals surface area contributed by atoms with Gasteiger partial charge in [0.05, 0.1) is 19.9 Å². The summed E-state index contributed by atoms with van der Waals surface area (Å²) in [6.07, 6.45) is 9.64. The Morgan fingerprint density at radius 2 is 1.32 bits per heavy atom. The van der Waals surface area contributed by atoms with Crippen LogP contribution in [0.2, 0.25) is 0 Å². The van der Waals surface area contributed by atoms with E-state index in [4.69, 9.17) is 14.5 Å². The molecule has 2 unspecified atom stereocenters. The summed E-state index contributed by atoms with van der Waals surface area (Å²) in [6, 6.07) is 33.8. The first-order valence-corrected chi connectivity index (χ1v) is 14.9. The molecule has 219 valence electrons. The highest BCUT2D eigenvalue weighted by atomic mass is 16.5. The topological polar surface area (TPSA) is 44.2 Å². The van der Waals surface area contributed by atoms with Gasteiger partial charge in [0.1, 0.15) is 11.5 Å². The Labute approximate surface area is 260 Å². The zero-order chi connectivity index (χ0) is 30.9. The molecule has 0 spiro atoms. The Morgan fingerprint density at radius 1 is 0.636 bits per heavy atom. The monoisotopic (exact) mass is 577 g/mol. The standard InChI is InChI=1S/C40H37N2O2/c1-27-12-15-32(24-28(27)2)40(4)38(30-10-9-22-41-26-30)35(29-13-18-33(43-5)19-14-29)25-36(37-11-7-8-23-42-37)39(40,3)31-16-20-34(44-6)21-17-31/h7-24,26H,1-6H3. The average molecular weight is 578 g/mol. The number of nitrogens with zero attached hydrogens (tertiary/aromatic N) is 2. The van der Waals surface area contributed by atoms with Crippen molar-refractivity contribution in [2.24, 2.45) is 0 Å². The maximum Gasteiger partial charge on any atom is 0.118 e. The van der Waals surface area contributed by atoms with E-state index >= 15 is 0 Å². The highest BCUT2D eigenvalue weighted by Gasteiger charge is 2.55. The Balaban J connectivity index is 1.80. The summed E-state index contributed by atoms with van der Waals surface area (Å²) in [5.74, 6) is 1.62. The fourth-order valence-corrected chi connectivity index (χ4v) is 6.65. The Hall–Kier alpha value is -4.96. The summed E-state index contributed by atoms with van der Waals surface area (Å²) in [5.41, 5.74) is 9.79. The number of hydrogen-bond acceptors (Lipinski definition) is 4. The van der Waals surface area contributed by atoms with E-state index in [-0.39, 0.29) is 0 Å². The fourth-order valence-electron chi connectivity index (χ4n) is 6.65. The largest absolute Gasteiger partial charge is 0.497 e. The van der Waals surface area contributed by atoms with Gasteiger partial charge in [0.15, 0.2) is 0 Å². The van der Waals surface area contributed by atoms with Crippen LogP contribution in [0.25, 0.3) is 16.7 Å². The molecule has 1 aliphatic rings. The minimum absolute atomic E-state index is 0.601. The molecule has 2 aromatic heterocycles. The normalized spacial score (nSPS) is 19.8. The van der Waals surface area contributed by atoms with Crippen LogP contribution in [-0.2, 0) is 10.8 Å². The summed E-state index contributed by atoms with van der Waals surface area (Å²) < 4.78 is 11.1. The molecule has 1 radical (unpaired) electrons. The molecule has 0 fully saturated rings. The van der Waals surface area contributed by atoms with Crippen molar-refractivity contribution in [2.45, 2.75) is 38.5 Å². The van der Waals surface area contributed by atoms with E-state index in [2.05, 4.69) is 93.4 Å². The Bertz CT molecular complexity index is 1840. The molecule has 0 N–H and O–H groups in total. The predicted molar refractivity (Wildman–Crippen MR) is 179 cm³/mol. The second kappa shape index (κ2) is 11.6. The van der Waals surface area contributed by atoms with Crippen molar-refractivity contribution in [1.29, 1.82) is 0 Å². The van der Waals surface area contributed by atoms with Gasteiger partial charge in [0.25, 0.3) is 0 Å². The van der Waals surface area contributed by atoms with Crippen LogP contribution in [0.5, 0.6) is 11.5 Å². The summed E-state index contributed by atoms with van der Waals surface area (Å²) >= 11 is 0. The van der Waals surface area contributed by atoms with E-state index < -0.39 is 10.8 Å². The molecule has 1 aliphatic carbocycles. The van der Waals surface area contributed by atoms with Gasteiger partial charge >= 0.3 is 0 Å². The molecule has 44 heavy (non-hydrogen) atoms. The summed E-state index contributed by atoms with van der Waals surface area (Å²) in [6.45, 7) is 9.06. The van der Waals surface area contributed by atoms with E-state index in [0.717, 1.165) is 50.6 Å². The molecule has 4 nitrogen and oxygen atoms in total. The van der Waals surface area contributed by atoms with Gasteiger partial charge in [-0.15, -0.1) is 0 Å². The molecule has 0 saturated carbocycles. The number of ether oxygens (including phenoxy) is 2. The summed E-state index contributed by atoms with van der Waals surface area (Å²) in [7, 11) is 3.39. The first kappa shape index (κ1) is 29.1. The number of hydrogen-bond donors (Lipinski definition) is 0. The third-order valence-corrected chi connectivity index (χ3v) is 9.50. The van der Waals surface area contributed by atoms with E-state index in [1.165, 1.54) is 16.7 Å². The van der Waals surface area contributed by atoms with Crippen molar-refractivity contribution in [3.8, 4) is 11.5 Å². The van der Waals surface area contributed by atoms with Crippen molar-refractivity contribution >= 4 is 16.7 Å². The van der Waals surface area contributed by atoms with E-state index in [1.807, 2.05) is 61.1 Å². The fraction of sp³-hybridized carbons (Fsp3) is 0.200. The number of pyridine rings is 2. The van der Waals surface area contributed by atoms with Crippen LogP contribution in [0.4, 0.5) is 0 Å². The van der Waals surface area contributed by atoms with Gasteiger partial charge in [-0.1, -0.05) is 68.4 Å². The van der Waals surface area contributed by atoms with Crippen molar-refractivity contribution < 1.29 is 9.47 Å². The smallest absolute Gasteiger partial charge is 0.118 e. The average Bonchev–Trinajstić information content (AvgIpc) is 3.07. The lowest BCUT2D eigenvalue weighted by Gasteiger charge is -2.53. The first-order valence-electron chi connectivity index (χ1n) is 14.9. The first-order chi connectivity index (χ1) is 21.3. The van der Waals surface area contributed by atoms with Crippen LogP contribution >= 0.6 is 0 Å². The van der Waals surface area contributed by atoms with Gasteiger partial charge in [-0.3, -0.25) is 9.97 Å². The quantitative estimate of drug-likeness (QED) is 0.194. The molecule has 2 atom stereocenters. The Kier molecular flexibility index (Phi) is 7.69. The molecule has 0 aliphatic heterocycles. The van der Waals surface area contributed by atoms with Gasteiger partial charge in [0.2, 0.25) is 0 Å². The molecule has 5 aromatic rings. The molecular weight excluding hydrogens is 540 g/mol. The maximum atomic E-state index is 5.59. The highest BCUT2D eigenvalue weighted by Crippen LogP contribution is 2.62. The van der Waals surface area contributed by atoms with Crippen LogP contribution in [-0.4, -0.2) is 24.2 Å². The Morgan fingerprint density at radius 3 is 1.91 bits per heavy atom. The minimum atomic E-state index is -0.615. The number of benzene rings is 3. The van der Waals surface area contributed by atoms with Crippen molar-refractivity contribution in [3.63, 3.8) is 0 Å². The van der Waals surface area contributed by atoms with Gasteiger partial charge in [-0.05, 0) is 112 Å². The predicted octanol–water partition coefficient (Wildman–Crippen LogP) is 8.84. The number of aryl methyl sites for hydroxylation is 2. The molecular formula is C40H37N2O2. The van der Waals surface area contributed by atoms with E-state index in [1.54, 1.807) is 14.2 Å². The zero-order valence-electron chi connectivity index (χ0n) is 26.2. The second-order valence-electron chi connectivity index (χ2n) is 11.7. The number of rotatable bonds is 7. The SMILES string of the molecule is COc1ccc(C2=C(c3cccnc3)C(C)(c3ccc(C)c(C)c3)C(C)(c3ccc(OC)cc3)C(c3ccccn3)=[C]2)cc1. The van der Waals surface area contributed by atoms with Gasteiger partial charge in [-0.25, -0.2) is 0 Å². The third kappa shape index (κ3) is 4.71.